The molecule has 0 saturated carbocycles. The molecule has 3 heterocycles. The van der Waals surface area contributed by atoms with E-state index in [1.807, 2.05) is 29.2 Å². The van der Waals surface area contributed by atoms with Crippen molar-refractivity contribution in [2.45, 2.75) is 18.9 Å². The van der Waals surface area contributed by atoms with Gasteiger partial charge in [-0.15, -0.1) is 11.3 Å². The van der Waals surface area contributed by atoms with Crippen molar-refractivity contribution in [1.82, 2.24) is 4.90 Å². The van der Waals surface area contributed by atoms with Gasteiger partial charge in [-0.2, -0.15) is 0 Å². The molecule has 0 aliphatic carbocycles. The maximum atomic E-state index is 13.0. The number of benzene rings is 1. The van der Waals surface area contributed by atoms with Gasteiger partial charge in [-0.1, -0.05) is 12.1 Å². The summed E-state index contributed by atoms with van der Waals surface area (Å²) >= 11 is 1.70. The van der Waals surface area contributed by atoms with Crippen molar-refractivity contribution >= 4 is 29.0 Å². The molecule has 2 fully saturated rings. The second-order valence-corrected chi connectivity index (χ2v) is 6.97. The first-order chi connectivity index (χ1) is 11.7. The molecule has 2 aliphatic rings. The normalized spacial score (nSPS) is 20.5. The lowest BCUT2D eigenvalue weighted by Crippen LogP contribution is -2.30. The van der Waals surface area contributed by atoms with Gasteiger partial charge >= 0.3 is 6.09 Å². The second kappa shape index (κ2) is 6.28. The predicted octanol–water partition coefficient (Wildman–Crippen LogP) is 3.68. The van der Waals surface area contributed by atoms with Gasteiger partial charge in [0.1, 0.15) is 6.61 Å². The molecule has 1 atom stereocenters. The fourth-order valence-corrected chi connectivity index (χ4v) is 4.26. The van der Waals surface area contributed by atoms with Crippen LogP contribution in [0.1, 0.15) is 34.1 Å². The summed E-state index contributed by atoms with van der Waals surface area (Å²) in [7, 11) is 0. The molecule has 0 spiro atoms. The quantitative estimate of drug-likeness (QED) is 0.855. The van der Waals surface area contributed by atoms with Crippen LogP contribution in [-0.2, 0) is 4.74 Å². The Kier molecular flexibility index (Phi) is 3.98. The molecule has 0 radical (unpaired) electrons. The number of cyclic esters (lactones) is 1. The summed E-state index contributed by atoms with van der Waals surface area (Å²) in [4.78, 5) is 29.5. The number of likely N-dealkylation sites (tertiary alicyclic amines) is 1. The summed E-state index contributed by atoms with van der Waals surface area (Å²) in [6.45, 7) is 1.69. The van der Waals surface area contributed by atoms with E-state index in [9.17, 15) is 9.59 Å². The molecule has 4 rings (SSSR count). The summed E-state index contributed by atoms with van der Waals surface area (Å²) in [6, 6.07) is 11.6. The van der Waals surface area contributed by atoms with Gasteiger partial charge in [-0.3, -0.25) is 9.69 Å². The molecule has 2 aromatic rings. The topological polar surface area (TPSA) is 49.9 Å². The number of carbonyl (C=O) groups is 2. The van der Waals surface area contributed by atoms with Crippen LogP contribution in [0.15, 0.2) is 41.8 Å². The van der Waals surface area contributed by atoms with Crippen LogP contribution in [0.3, 0.4) is 0 Å². The molecule has 0 bridgehead atoms. The zero-order chi connectivity index (χ0) is 16.5. The second-order valence-electron chi connectivity index (χ2n) is 5.99. The summed E-state index contributed by atoms with van der Waals surface area (Å²) < 4.78 is 4.98. The van der Waals surface area contributed by atoms with E-state index in [-0.39, 0.29) is 18.0 Å². The van der Waals surface area contributed by atoms with Gasteiger partial charge in [0.2, 0.25) is 0 Å². The molecule has 1 aromatic heterocycles. The van der Waals surface area contributed by atoms with Crippen LogP contribution in [0.5, 0.6) is 0 Å². The highest BCUT2D eigenvalue weighted by molar-refractivity contribution is 7.10. The lowest BCUT2D eigenvalue weighted by molar-refractivity contribution is 0.0738. The van der Waals surface area contributed by atoms with Crippen LogP contribution < -0.4 is 4.90 Å². The summed E-state index contributed by atoms with van der Waals surface area (Å²) in [5.41, 5.74) is 1.34. The Balaban J connectivity index is 1.59. The van der Waals surface area contributed by atoms with E-state index in [4.69, 9.17) is 4.74 Å². The Morgan fingerprint density at radius 1 is 1.21 bits per heavy atom. The van der Waals surface area contributed by atoms with Crippen molar-refractivity contribution < 1.29 is 14.3 Å². The minimum Gasteiger partial charge on any atom is -0.447 e. The first-order valence-electron chi connectivity index (χ1n) is 8.13. The van der Waals surface area contributed by atoms with Crippen molar-refractivity contribution in [3.8, 4) is 0 Å². The maximum Gasteiger partial charge on any atom is 0.414 e. The van der Waals surface area contributed by atoms with Gasteiger partial charge in [0, 0.05) is 22.7 Å². The molecule has 5 nitrogen and oxygen atoms in total. The smallest absolute Gasteiger partial charge is 0.414 e. The molecule has 1 aromatic carbocycles. The van der Waals surface area contributed by atoms with Crippen molar-refractivity contribution in [1.29, 1.82) is 0 Å². The number of nitrogens with zero attached hydrogens (tertiary/aromatic N) is 2. The van der Waals surface area contributed by atoms with Crippen LogP contribution in [0, 0.1) is 0 Å². The minimum atomic E-state index is -0.350. The van der Waals surface area contributed by atoms with Crippen LogP contribution in [0.2, 0.25) is 0 Å². The Morgan fingerprint density at radius 2 is 2.12 bits per heavy atom. The Morgan fingerprint density at radius 3 is 2.88 bits per heavy atom. The van der Waals surface area contributed by atoms with Crippen LogP contribution in [-0.4, -0.2) is 36.6 Å². The van der Waals surface area contributed by atoms with Gasteiger partial charge in [0.25, 0.3) is 5.91 Å². The molecule has 2 amide bonds. The number of hydrogen-bond donors (Lipinski definition) is 0. The van der Waals surface area contributed by atoms with E-state index in [2.05, 4.69) is 11.4 Å². The van der Waals surface area contributed by atoms with E-state index in [0.717, 1.165) is 25.1 Å². The number of ether oxygens (including phenoxy) is 1. The van der Waals surface area contributed by atoms with E-state index in [1.165, 1.54) is 4.88 Å². The van der Waals surface area contributed by atoms with E-state index < -0.39 is 0 Å². The van der Waals surface area contributed by atoms with Crippen LogP contribution >= 0.6 is 11.3 Å². The van der Waals surface area contributed by atoms with Gasteiger partial charge in [0.15, 0.2) is 0 Å². The average molecular weight is 342 g/mol. The average Bonchev–Trinajstić information content (AvgIpc) is 3.34. The van der Waals surface area contributed by atoms with Crippen molar-refractivity contribution in [3.05, 3.63) is 52.2 Å². The highest BCUT2D eigenvalue weighted by Gasteiger charge is 2.32. The first-order valence-corrected chi connectivity index (χ1v) is 9.01. The number of anilines is 1. The third kappa shape index (κ3) is 2.67. The van der Waals surface area contributed by atoms with Crippen molar-refractivity contribution in [2.24, 2.45) is 0 Å². The number of rotatable bonds is 3. The molecule has 24 heavy (non-hydrogen) atoms. The zero-order valence-corrected chi connectivity index (χ0v) is 14.0. The molecule has 2 saturated heterocycles. The molecule has 0 N–H and O–H groups in total. The number of amides is 2. The highest BCUT2D eigenvalue weighted by Crippen LogP contribution is 2.35. The zero-order valence-electron chi connectivity index (χ0n) is 13.2. The number of carbonyl (C=O) groups excluding carboxylic acids is 2. The van der Waals surface area contributed by atoms with Gasteiger partial charge in [-0.05, 0) is 42.5 Å². The fourth-order valence-electron chi connectivity index (χ4n) is 3.39. The first kappa shape index (κ1) is 15.2. The summed E-state index contributed by atoms with van der Waals surface area (Å²) in [5.74, 6) is 0.0281. The standard InChI is InChI=1S/C18H18N2O3S/c21-17(20-8-2-6-15(20)16-7-3-11-24-16)13-4-1-5-14(12-13)19-9-10-23-18(19)22/h1,3-5,7,11-12,15H,2,6,8-10H2/t15-/m0/s1. The van der Waals surface area contributed by atoms with Gasteiger partial charge in [0.05, 0.1) is 12.6 Å². The Hall–Kier alpha value is -2.34. The lowest BCUT2D eigenvalue weighted by atomic mass is 10.1. The Bertz CT molecular complexity index is 759. The van der Waals surface area contributed by atoms with Crippen LogP contribution in [0.4, 0.5) is 10.5 Å². The molecular formula is C18H18N2O3S. The minimum absolute atomic E-state index is 0.0281. The molecule has 0 unspecified atom stereocenters. The third-order valence-electron chi connectivity index (χ3n) is 4.55. The van der Waals surface area contributed by atoms with E-state index >= 15 is 0 Å². The third-order valence-corrected chi connectivity index (χ3v) is 5.52. The van der Waals surface area contributed by atoms with E-state index in [1.54, 1.807) is 22.3 Å². The maximum absolute atomic E-state index is 13.0. The predicted molar refractivity (Wildman–Crippen MR) is 92.5 cm³/mol. The number of hydrogen-bond acceptors (Lipinski definition) is 4. The molecular weight excluding hydrogens is 324 g/mol. The SMILES string of the molecule is O=C1OCCN1c1cccc(C(=O)N2CCC[C@H]2c2cccs2)c1. The Labute approximate surface area is 144 Å². The lowest BCUT2D eigenvalue weighted by Gasteiger charge is -2.24. The monoisotopic (exact) mass is 342 g/mol. The number of thiophene rings is 1. The van der Waals surface area contributed by atoms with E-state index in [0.29, 0.717) is 18.7 Å². The fraction of sp³-hybridized carbons (Fsp3) is 0.333. The molecule has 2 aliphatic heterocycles. The summed E-state index contributed by atoms with van der Waals surface area (Å²) in [5, 5.41) is 2.05. The highest BCUT2D eigenvalue weighted by atomic mass is 32.1. The largest absolute Gasteiger partial charge is 0.447 e. The van der Waals surface area contributed by atoms with Gasteiger partial charge in [-0.25, -0.2) is 4.79 Å². The van der Waals surface area contributed by atoms with Crippen molar-refractivity contribution in [2.75, 3.05) is 24.6 Å². The molecule has 6 heteroatoms. The van der Waals surface area contributed by atoms with Gasteiger partial charge < -0.3 is 9.64 Å². The van der Waals surface area contributed by atoms with Crippen molar-refractivity contribution in [3.63, 3.8) is 0 Å². The van der Waals surface area contributed by atoms with Crippen LogP contribution in [0.25, 0.3) is 0 Å². The molecule has 124 valence electrons. The summed E-state index contributed by atoms with van der Waals surface area (Å²) in [6.07, 6.45) is 1.67.